The van der Waals surface area contributed by atoms with Gasteiger partial charge in [0.2, 0.25) is 0 Å². The van der Waals surface area contributed by atoms with Crippen molar-refractivity contribution >= 4 is 12.1 Å². The van der Waals surface area contributed by atoms with E-state index in [0.717, 1.165) is 12.8 Å². The molecule has 5 nitrogen and oxygen atoms in total. The second kappa shape index (κ2) is 4.62. The summed E-state index contributed by atoms with van der Waals surface area (Å²) in [6.07, 6.45) is 1.91. The molecule has 0 spiro atoms. The number of ether oxygens (including phenoxy) is 2. The first-order chi connectivity index (χ1) is 9.89. The normalized spacial score (nSPS) is 43.5. The molecule has 1 aliphatic heterocycles. The Balaban J connectivity index is 1.99. The van der Waals surface area contributed by atoms with Crippen LogP contribution in [0.1, 0.15) is 33.6 Å². The molecule has 1 heterocycles. The molecule has 2 bridgehead atoms. The van der Waals surface area contributed by atoms with Crippen LogP contribution in [0.25, 0.3) is 0 Å². The highest BCUT2D eigenvalue weighted by Gasteiger charge is 2.75. The van der Waals surface area contributed by atoms with Gasteiger partial charge in [-0.15, -0.1) is 0 Å². The third-order valence-corrected chi connectivity index (χ3v) is 6.28. The molecule has 0 aromatic rings. The van der Waals surface area contributed by atoms with Crippen LogP contribution in [-0.4, -0.2) is 42.8 Å². The molecule has 0 radical (unpaired) electrons. The van der Waals surface area contributed by atoms with Gasteiger partial charge in [-0.1, -0.05) is 13.8 Å². The first-order valence-corrected chi connectivity index (χ1v) is 7.85. The molecule has 6 atom stereocenters. The molecule has 1 saturated heterocycles. The predicted octanol–water partition coefficient (Wildman–Crippen LogP) is 2.30. The second-order valence-corrected chi connectivity index (χ2v) is 7.22. The minimum atomic E-state index is -0.862. The number of methoxy groups -OCH3 is 2. The Morgan fingerprint density at radius 2 is 1.76 bits per heavy atom. The van der Waals surface area contributed by atoms with Gasteiger partial charge in [-0.05, 0) is 43.4 Å². The number of carbonyl (C=O) groups excluding carboxylic acids is 2. The number of hydrogen-bond acceptors (Lipinski definition) is 4. The summed E-state index contributed by atoms with van der Waals surface area (Å²) in [4.78, 5) is 26.2. The van der Waals surface area contributed by atoms with E-state index >= 15 is 0 Å². The zero-order valence-electron chi connectivity index (χ0n) is 13.5. The van der Waals surface area contributed by atoms with Gasteiger partial charge in [0.1, 0.15) is 5.54 Å². The first-order valence-electron chi connectivity index (χ1n) is 7.85. The smallest absolute Gasteiger partial charge is 0.410 e. The van der Waals surface area contributed by atoms with Crippen LogP contribution in [0.15, 0.2) is 0 Å². The van der Waals surface area contributed by atoms with Crippen LogP contribution in [0.2, 0.25) is 0 Å². The molecule has 5 heteroatoms. The Labute approximate surface area is 126 Å². The molecule has 2 saturated carbocycles. The highest BCUT2D eigenvalue weighted by atomic mass is 16.6. The maximum absolute atomic E-state index is 12.4. The summed E-state index contributed by atoms with van der Waals surface area (Å²) in [7, 11) is 2.77. The number of amides is 1. The SMILES string of the molecule is COC(=O)N1C2C3CCC(C3C(C)C)C2[C@]1(C)C(=O)OC. The van der Waals surface area contributed by atoms with E-state index in [1.165, 1.54) is 14.2 Å². The molecule has 3 aliphatic rings. The molecule has 118 valence electrons. The van der Waals surface area contributed by atoms with Crippen molar-refractivity contribution in [3.8, 4) is 0 Å². The van der Waals surface area contributed by atoms with Gasteiger partial charge in [0, 0.05) is 12.0 Å². The van der Waals surface area contributed by atoms with Crippen LogP contribution < -0.4 is 0 Å². The van der Waals surface area contributed by atoms with Crippen molar-refractivity contribution < 1.29 is 19.1 Å². The molecule has 2 aliphatic carbocycles. The fraction of sp³-hybridized carbons (Fsp3) is 0.875. The monoisotopic (exact) mass is 295 g/mol. The molecule has 0 aromatic heterocycles. The Morgan fingerprint density at radius 3 is 2.29 bits per heavy atom. The van der Waals surface area contributed by atoms with Crippen LogP contribution in [0.4, 0.5) is 4.79 Å². The molecular formula is C16H25NO4. The molecular weight excluding hydrogens is 270 g/mol. The summed E-state index contributed by atoms with van der Waals surface area (Å²) in [5, 5.41) is 0. The number of likely N-dealkylation sites (tertiary alicyclic amines) is 1. The van der Waals surface area contributed by atoms with Crippen LogP contribution in [0.5, 0.6) is 0 Å². The minimum Gasteiger partial charge on any atom is -0.467 e. The van der Waals surface area contributed by atoms with Crippen LogP contribution >= 0.6 is 0 Å². The lowest BCUT2D eigenvalue weighted by molar-refractivity contribution is -0.187. The predicted molar refractivity (Wildman–Crippen MR) is 76.5 cm³/mol. The Bertz CT molecular complexity index is 477. The third kappa shape index (κ3) is 1.58. The van der Waals surface area contributed by atoms with Crippen molar-refractivity contribution in [3.63, 3.8) is 0 Å². The van der Waals surface area contributed by atoms with E-state index in [2.05, 4.69) is 13.8 Å². The van der Waals surface area contributed by atoms with E-state index in [1.54, 1.807) is 4.90 Å². The number of rotatable bonds is 2. The molecule has 3 rings (SSSR count). The maximum Gasteiger partial charge on any atom is 0.410 e. The maximum atomic E-state index is 12.4. The fourth-order valence-electron chi connectivity index (χ4n) is 5.75. The number of carbonyl (C=O) groups is 2. The summed E-state index contributed by atoms with van der Waals surface area (Å²) in [5.74, 6) is 2.09. The Hall–Kier alpha value is -1.26. The van der Waals surface area contributed by atoms with Gasteiger partial charge in [-0.25, -0.2) is 9.59 Å². The Morgan fingerprint density at radius 1 is 1.14 bits per heavy atom. The molecule has 3 fully saturated rings. The van der Waals surface area contributed by atoms with Crippen molar-refractivity contribution in [2.45, 2.75) is 45.2 Å². The van der Waals surface area contributed by atoms with Crippen molar-refractivity contribution in [2.24, 2.45) is 29.6 Å². The van der Waals surface area contributed by atoms with Crippen LogP contribution in [0, 0.1) is 29.6 Å². The van der Waals surface area contributed by atoms with Gasteiger partial charge in [-0.3, -0.25) is 4.90 Å². The lowest BCUT2D eigenvalue weighted by Gasteiger charge is -2.61. The lowest BCUT2D eigenvalue weighted by Crippen LogP contribution is -2.78. The highest BCUT2D eigenvalue weighted by molar-refractivity contribution is 5.89. The average Bonchev–Trinajstić information content (AvgIpc) is 2.98. The number of nitrogens with zero attached hydrogens (tertiary/aromatic N) is 1. The van der Waals surface area contributed by atoms with Crippen molar-refractivity contribution in [1.82, 2.24) is 4.90 Å². The molecule has 0 N–H and O–H groups in total. The van der Waals surface area contributed by atoms with Gasteiger partial charge in [0.05, 0.1) is 14.2 Å². The van der Waals surface area contributed by atoms with Gasteiger partial charge in [0.25, 0.3) is 0 Å². The van der Waals surface area contributed by atoms with E-state index < -0.39 is 11.6 Å². The standard InChI is InChI=1S/C16H25NO4/c1-8(2)11-9-6-7-10(11)13-12(9)16(3,14(18)20-4)17(13)15(19)21-5/h8-13H,6-7H2,1-5H3/t9?,10?,11?,12?,13?,16-/m1/s1. The third-order valence-electron chi connectivity index (χ3n) is 6.28. The highest BCUT2D eigenvalue weighted by Crippen LogP contribution is 2.66. The van der Waals surface area contributed by atoms with Crippen molar-refractivity contribution in [1.29, 1.82) is 0 Å². The quantitative estimate of drug-likeness (QED) is 0.734. The van der Waals surface area contributed by atoms with E-state index in [9.17, 15) is 9.59 Å². The number of hydrogen-bond donors (Lipinski definition) is 0. The fourth-order valence-corrected chi connectivity index (χ4v) is 5.75. The molecule has 5 unspecified atom stereocenters. The zero-order chi connectivity index (χ0) is 15.5. The summed E-state index contributed by atoms with van der Waals surface area (Å²) in [5.41, 5.74) is -0.862. The number of esters is 1. The summed E-state index contributed by atoms with van der Waals surface area (Å²) >= 11 is 0. The minimum absolute atomic E-state index is 0.146. The van der Waals surface area contributed by atoms with Crippen molar-refractivity contribution in [2.75, 3.05) is 14.2 Å². The van der Waals surface area contributed by atoms with Crippen molar-refractivity contribution in [3.05, 3.63) is 0 Å². The average molecular weight is 295 g/mol. The molecule has 0 aromatic carbocycles. The summed E-state index contributed by atoms with van der Waals surface area (Å²) in [6, 6.07) is 0.146. The van der Waals surface area contributed by atoms with Gasteiger partial charge < -0.3 is 9.47 Å². The first kappa shape index (κ1) is 14.7. The van der Waals surface area contributed by atoms with E-state index in [0.29, 0.717) is 23.7 Å². The van der Waals surface area contributed by atoms with Crippen LogP contribution in [0.3, 0.4) is 0 Å². The molecule has 1 amide bonds. The second-order valence-electron chi connectivity index (χ2n) is 7.22. The van der Waals surface area contributed by atoms with Crippen LogP contribution in [-0.2, 0) is 14.3 Å². The summed E-state index contributed by atoms with van der Waals surface area (Å²) < 4.78 is 9.94. The molecule has 21 heavy (non-hydrogen) atoms. The topological polar surface area (TPSA) is 55.8 Å². The Kier molecular flexibility index (Phi) is 3.22. The van der Waals surface area contributed by atoms with Gasteiger partial charge in [0.15, 0.2) is 0 Å². The van der Waals surface area contributed by atoms with E-state index in [1.807, 2.05) is 6.92 Å². The zero-order valence-corrected chi connectivity index (χ0v) is 13.5. The van der Waals surface area contributed by atoms with E-state index in [-0.39, 0.29) is 17.9 Å². The van der Waals surface area contributed by atoms with E-state index in [4.69, 9.17) is 9.47 Å². The van der Waals surface area contributed by atoms with Gasteiger partial charge in [-0.2, -0.15) is 0 Å². The number of fused-ring (bicyclic) bond motifs is 5. The van der Waals surface area contributed by atoms with Gasteiger partial charge >= 0.3 is 12.1 Å². The summed E-state index contributed by atoms with van der Waals surface area (Å²) in [6.45, 7) is 6.34. The lowest BCUT2D eigenvalue weighted by atomic mass is 9.62. The largest absolute Gasteiger partial charge is 0.467 e.